The number of hydrogen-bond acceptors (Lipinski definition) is 2. The van der Waals surface area contributed by atoms with Crippen LogP contribution < -0.4 is 4.74 Å². The zero-order valence-electron chi connectivity index (χ0n) is 9.01. The molecule has 0 aliphatic carbocycles. The summed E-state index contributed by atoms with van der Waals surface area (Å²) in [7, 11) is 1.58. The standard InChI is InChI=1S/C14H12O2/c1-16-14-12(10-15)8-5-9-13(14)11-6-3-2-4-7-11/h2-10H,1H3. The van der Waals surface area contributed by atoms with Gasteiger partial charge in [0, 0.05) is 5.56 Å². The maximum absolute atomic E-state index is 10.9. The molecule has 0 unspecified atom stereocenters. The predicted molar refractivity (Wildman–Crippen MR) is 63.8 cm³/mol. The largest absolute Gasteiger partial charge is 0.495 e. The van der Waals surface area contributed by atoms with E-state index in [-0.39, 0.29) is 0 Å². The van der Waals surface area contributed by atoms with Crippen LogP contribution in [0, 0.1) is 0 Å². The maximum Gasteiger partial charge on any atom is 0.153 e. The Morgan fingerprint density at radius 1 is 1.00 bits per heavy atom. The van der Waals surface area contributed by atoms with Gasteiger partial charge >= 0.3 is 0 Å². The molecule has 16 heavy (non-hydrogen) atoms. The van der Waals surface area contributed by atoms with Crippen LogP contribution in [0.3, 0.4) is 0 Å². The summed E-state index contributed by atoms with van der Waals surface area (Å²) in [6, 6.07) is 15.4. The number of hydrogen-bond donors (Lipinski definition) is 0. The Hall–Kier alpha value is -2.09. The van der Waals surface area contributed by atoms with Crippen molar-refractivity contribution in [2.24, 2.45) is 0 Å². The first kappa shape index (κ1) is 10.4. The summed E-state index contributed by atoms with van der Waals surface area (Å²) in [5.41, 5.74) is 2.56. The molecule has 0 aromatic heterocycles. The smallest absolute Gasteiger partial charge is 0.153 e. The number of carbonyl (C=O) groups excluding carboxylic acids is 1. The number of para-hydroxylation sites is 1. The second kappa shape index (κ2) is 4.62. The first-order valence-corrected chi connectivity index (χ1v) is 5.04. The zero-order valence-corrected chi connectivity index (χ0v) is 9.01. The quantitative estimate of drug-likeness (QED) is 0.730. The molecule has 0 radical (unpaired) electrons. The minimum absolute atomic E-state index is 0.573. The molecule has 0 bridgehead atoms. The van der Waals surface area contributed by atoms with Crippen LogP contribution >= 0.6 is 0 Å². The molecule has 0 aliphatic heterocycles. The summed E-state index contributed by atoms with van der Waals surface area (Å²) >= 11 is 0. The molecule has 2 aromatic carbocycles. The number of ether oxygens (including phenoxy) is 1. The third kappa shape index (κ3) is 1.82. The van der Waals surface area contributed by atoms with Crippen LogP contribution in [0.15, 0.2) is 48.5 Å². The maximum atomic E-state index is 10.9. The van der Waals surface area contributed by atoms with Crippen LogP contribution in [0.25, 0.3) is 11.1 Å². The highest BCUT2D eigenvalue weighted by Gasteiger charge is 2.09. The van der Waals surface area contributed by atoms with Gasteiger partial charge in [0.2, 0.25) is 0 Å². The van der Waals surface area contributed by atoms with Crippen LogP contribution in [-0.4, -0.2) is 13.4 Å². The average Bonchev–Trinajstić information content (AvgIpc) is 2.38. The lowest BCUT2D eigenvalue weighted by Crippen LogP contribution is -1.93. The van der Waals surface area contributed by atoms with E-state index in [1.165, 1.54) is 0 Å². The molecule has 0 N–H and O–H groups in total. The molecular formula is C14H12O2. The van der Waals surface area contributed by atoms with Gasteiger partial charge in [-0.1, -0.05) is 42.5 Å². The van der Waals surface area contributed by atoms with E-state index in [0.29, 0.717) is 11.3 Å². The van der Waals surface area contributed by atoms with E-state index in [4.69, 9.17) is 4.74 Å². The topological polar surface area (TPSA) is 26.3 Å². The molecule has 0 saturated carbocycles. The van der Waals surface area contributed by atoms with E-state index >= 15 is 0 Å². The second-order valence-electron chi connectivity index (χ2n) is 3.41. The molecule has 0 atom stereocenters. The molecule has 0 spiro atoms. The summed E-state index contributed by atoms with van der Waals surface area (Å²) in [4.78, 5) is 10.9. The van der Waals surface area contributed by atoms with Gasteiger partial charge in [-0.25, -0.2) is 0 Å². The third-order valence-corrected chi connectivity index (χ3v) is 2.46. The minimum Gasteiger partial charge on any atom is -0.495 e. The number of benzene rings is 2. The number of aldehydes is 1. The first-order valence-electron chi connectivity index (χ1n) is 5.04. The predicted octanol–water partition coefficient (Wildman–Crippen LogP) is 3.17. The van der Waals surface area contributed by atoms with Gasteiger partial charge in [-0.2, -0.15) is 0 Å². The Labute approximate surface area is 94.5 Å². The fraction of sp³-hybridized carbons (Fsp3) is 0.0714. The third-order valence-electron chi connectivity index (χ3n) is 2.46. The van der Waals surface area contributed by atoms with E-state index in [9.17, 15) is 4.79 Å². The highest BCUT2D eigenvalue weighted by atomic mass is 16.5. The van der Waals surface area contributed by atoms with Gasteiger partial charge < -0.3 is 4.74 Å². The zero-order chi connectivity index (χ0) is 11.4. The Kier molecular flexibility index (Phi) is 3.01. The van der Waals surface area contributed by atoms with Crippen molar-refractivity contribution in [1.82, 2.24) is 0 Å². The van der Waals surface area contributed by atoms with Crippen molar-refractivity contribution in [1.29, 1.82) is 0 Å². The van der Waals surface area contributed by atoms with Crippen molar-refractivity contribution >= 4 is 6.29 Å². The Morgan fingerprint density at radius 2 is 1.75 bits per heavy atom. The van der Waals surface area contributed by atoms with E-state index in [0.717, 1.165) is 17.4 Å². The van der Waals surface area contributed by atoms with E-state index < -0.39 is 0 Å². The Morgan fingerprint density at radius 3 is 2.38 bits per heavy atom. The van der Waals surface area contributed by atoms with Gasteiger partial charge in [-0.3, -0.25) is 4.79 Å². The molecule has 0 fully saturated rings. The van der Waals surface area contributed by atoms with Gasteiger partial charge in [0.1, 0.15) is 5.75 Å². The molecular weight excluding hydrogens is 200 g/mol. The van der Waals surface area contributed by atoms with Crippen molar-refractivity contribution in [3.05, 3.63) is 54.1 Å². The lowest BCUT2D eigenvalue weighted by Gasteiger charge is -2.10. The molecule has 0 amide bonds. The van der Waals surface area contributed by atoms with Gasteiger partial charge in [0.05, 0.1) is 12.7 Å². The van der Waals surface area contributed by atoms with Gasteiger partial charge in [0.15, 0.2) is 6.29 Å². The highest BCUT2D eigenvalue weighted by Crippen LogP contribution is 2.31. The summed E-state index contributed by atoms with van der Waals surface area (Å²) < 4.78 is 5.29. The fourth-order valence-corrected chi connectivity index (χ4v) is 1.72. The molecule has 2 heteroatoms. The van der Waals surface area contributed by atoms with E-state index in [1.807, 2.05) is 42.5 Å². The molecule has 0 aliphatic rings. The Bertz CT molecular complexity index is 489. The molecule has 2 aromatic rings. The van der Waals surface area contributed by atoms with Crippen molar-refractivity contribution in [3.8, 4) is 16.9 Å². The molecule has 2 nitrogen and oxygen atoms in total. The molecule has 2 rings (SSSR count). The first-order chi connectivity index (χ1) is 7.86. The highest BCUT2D eigenvalue weighted by molar-refractivity contribution is 5.86. The summed E-state index contributed by atoms with van der Waals surface area (Å²) in [5.74, 6) is 0.628. The van der Waals surface area contributed by atoms with Gasteiger partial charge in [-0.05, 0) is 11.6 Å². The molecule has 80 valence electrons. The van der Waals surface area contributed by atoms with Gasteiger partial charge in [0.25, 0.3) is 0 Å². The van der Waals surface area contributed by atoms with Crippen LogP contribution in [0.5, 0.6) is 5.75 Å². The lowest BCUT2D eigenvalue weighted by molar-refractivity contribution is 0.112. The molecule has 0 saturated heterocycles. The Balaban J connectivity index is 2.61. The van der Waals surface area contributed by atoms with Crippen molar-refractivity contribution in [2.45, 2.75) is 0 Å². The normalized spacial score (nSPS) is 9.81. The monoisotopic (exact) mass is 212 g/mol. The summed E-state index contributed by atoms with van der Waals surface area (Å²) in [5, 5.41) is 0. The van der Waals surface area contributed by atoms with Crippen molar-refractivity contribution in [2.75, 3.05) is 7.11 Å². The van der Waals surface area contributed by atoms with Crippen LogP contribution in [-0.2, 0) is 0 Å². The van der Waals surface area contributed by atoms with Crippen LogP contribution in [0.1, 0.15) is 10.4 Å². The van der Waals surface area contributed by atoms with Gasteiger partial charge in [-0.15, -0.1) is 0 Å². The lowest BCUT2D eigenvalue weighted by atomic mass is 10.0. The number of carbonyl (C=O) groups is 1. The summed E-state index contributed by atoms with van der Waals surface area (Å²) in [6.07, 6.45) is 0.811. The van der Waals surface area contributed by atoms with Crippen LogP contribution in [0.2, 0.25) is 0 Å². The average molecular weight is 212 g/mol. The summed E-state index contributed by atoms with van der Waals surface area (Å²) in [6.45, 7) is 0. The fourth-order valence-electron chi connectivity index (χ4n) is 1.72. The van der Waals surface area contributed by atoms with Crippen LogP contribution in [0.4, 0.5) is 0 Å². The minimum atomic E-state index is 0.573. The number of rotatable bonds is 3. The van der Waals surface area contributed by atoms with Crippen molar-refractivity contribution in [3.63, 3.8) is 0 Å². The van der Waals surface area contributed by atoms with E-state index in [1.54, 1.807) is 13.2 Å². The molecule has 0 heterocycles. The van der Waals surface area contributed by atoms with E-state index in [2.05, 4.69) is 0 Å². The van der Waals surface area contributed by atoms with Crippen molar-refractivity contribution < 1.29 is 9.53 Å². The second-order valence-corrected chi connectivity index (χ2v) is 3.41. The number of methoxy groups -OCH3 is 1. The SMILES string of the molecule is COc1c(C=O)cccc1-c1ccccc1.